The summed E-state index contributed by atoms with van der Waals surface area (Å²) >= 11 is 0. The van der Waals surface area contributed by atoms with Gasteiger partial charge in [0.15, 0.2) is 0 Å². The van der Waals surface area contributed by atoms with E-state index in [0.29, 0.717) is 0 Å². The maximum atomic E-state index is 13.4. The van der Waals surface area contributed by atoms with Gasteiger partial charge in [0.2, 0.25) is 0 Å². The first-order valence-electron chi connectivity index (χ1n) is 4.68. The van der Waals surface area contributed by atoms with Gasteiger partial charge in [0.25, 0.3) is 5.78 Å². The molecule has 2 rings (SSSR count). The van der Waals surface area contributed by atoms with Crippen LogP contribution in [0.1, 0.15) is 27.9 Å². The quantitative estimate of drug-likeness (QED) is 0.593. The molecule has 0 heterocycles. The van der Waals surface area contributed by atoms with Crippen molar-refractivity contribution in [3.8, 4) is 0 Å². The number of carbonyl (C=O) groups excluding carboxylic acids is 1. The van der Waals surface area contributed by atoms with E-state index in [0.717, 1.165) is 30.4 Å². The van der Waals surface area contributed by atoms with E-state index in [1.165, 1.54) is 12.1 Å². The van der Waals surface area contributed by atoms with Gasteiger partial charge in [0, 0.05) is 0 Å². The molecular formula is C11H9FO3. The second-order valence-corrected chi connectivity index (χ2v) is 3.59. The molecule has 1 N–H and O–H groups in total. The van der Waals surface area contributed by atoms with Crippen LogP contribution in [0.3, 0.4) is 0 Å². The van der Waals surface area contributed by atoms with E-state index in [9.17, 15) is 14.0 Å². The molecule has 1 aromatic rings. The van der Waals surface area contributed by atoms with Gasteiger partial charge in [0.1, 0.15) is 5.82 Å². The van der Waals surface area contributed by atoms with Crippen molar-refractivity contribution in [3.05, 3.63) is 34.6 Å². The number of aliphatic carboxylic acids is 1. The topological polar surface area (TPSA) is 54.4 Å². The Hall–Kier alpha value is -1.71. The molecule has 78 valence electrons. The van der Waals surface area contributed by atoms with E-state index in [1.54, 1.807) is 0 Å². The van der Waals surface area contributed by atoms with Gasteiger partial charge >= 0.3 is 5.97 Å². The van der Waals surface area contributed by atoms with Crippen molar-refractivity contribution >= 4 is 11.8 Å². The van der Waals surface area contributed by atoms with Crippen LogP contribution in [0.4, 0.5) is 4.39 Å². The molecular weight excluding hydrogens is 199 g/mol. The summed E-state index contributed by atoms with van der Waals surface area (Å²) in [6.07, 6.45) is 2.52. The molecule has 4 heteroatoms. The highest BCUT2D eigenvalue weighted by Crippen LogP contribution is 2.25. The van der Waals surface area contributed by atoms with E-state index in [1.807, 2.05) is 0 Å². The van der Waals surface area contributed by atoms with Gasteiger partial charge < -0.3 is 5.11 Å². The molecule has 0 aromatic heterocycles. The van der Waals surface area contributed by atoms with E-state index in [4.69, 9.17) is 5.11 Å². The number of halogens is 1. The smallest absolute Gasteiger partial charge is 0.377 e. The molecule has 1 aromatic carbocycles. The fourth-order valence-corrected chi connectivity index (χ4v) is 1.88. The zero-order valence-electron chi connectivity index (χ0n) is 7.92. The zero-order valence-corrected chi connectivity index (χ0v) is 7.92. The maximum absolute atomic E-state index is 13.4. The summed E-state index contributed by atoms with van der Waals surface area (Å²) in [5.74, 6) is -3.53. The lowest BCUT2D eigenvalue weighted by Crippen LogP contribution is -2.15. The Morgan fingerprint density at radius 2 is 1.80 bits per heavy atom. The molecule has 0 bridgehead atoms. The van der Waals surface area contributed by atoms with Crippen LogP contribution in [0, 0.1) is 5.82 Å². The first-order valence-corrected chi connectivity index (χ1v) is 4.68. The molecule has 0 unspecified atom stereocenters. The fraction of sp³-hybridized carbons (Fsp3) is 0.273. The lowest BCUT2D eigenvalue weighted by atomic mass is 10.0. The number of carbonyl (C=O) groups is 2. The molecule has 0 saturated carbocycles. The molecule has 0 aliphatic heterocycles. The molecule has 0 atom stereocenters. The highest BCUT2D eigenvalue weighted by Gasteiger charge is 2.22. The van der Waals surface area contributed by atoms with Crippen molar-refractivity contribution < 1.29 is 19.1 Å². The van der Waals surface area contributed by atoms with E-state index >= 15 is 0 Å². The number of Topliss-reactive ketones (excluding diaryl/α,β-unsaturated/α-hetero) is 1. The van der Waals surface area contributed by atoms with Gasteiger partial charge in [-0.1, -0.05) is 0 Å². The Bertz CT molecular complexity index is 451. The summed E-state index contributed by atoms with van der Waals surface area (Å²) in [6.45, 7) is 0. The Balaban J connectivity index is 2.49. The first kappa shape index (κ1) is 9.83. The molecule has 0 radical (unpaired) electrons. The number of rotatable bonds is 2. The summed E-state index contributed by atoms with van der Waals surface area (Å²) in [4.78, 5) is 21.6. The third-order valence-electron chi connectivity index (χ3n) is 2.62. The minimum absolute atomic E-state index is 0.330. The van der Waals surface area contributed by atoms with Gasteiger partial charge in [-0.3, -0.25) is 4.79 Å². The van der Waals surface area contributed by atoms with Gasteiger partial charge in [-0.25, -0.2) is 9.18 Å². The molecule has 0 spiro atoms. The first-order chi connectivity index (χ1) is 7.09. The summed E-state index contributed by atoms with van der Waals surface area (Å²) in [5.41, 5.74) is 1.44. The van der Waals surface area contributed by atoms with Crippen LogP contribution in [-0.4, -0.2) is 16.9 Å². The molecule has 1 aliphatic carbocycles. The van der Waals surface area contributed by atoms with Crippen molar-refractivity contribution in [1.29, 1.82) is 0 Å². The Kier molecular flexibility index (Phi) is 2.26. The Morgan fingerprint density at radius 1 is 1.20 bits per heavy atom. The van der Waals surface area contributed by atoms with Gasteiger partial charge in [-0.2, -0.15) is 0 Å². The predicted octanol–water partition coefficient (Wildman–Crippen LogP) is 1.58. The van der Waals surface area contributed by atoms with Crippen molar-refractivity contribution in [2.75, 3.05) is 0 Å². The lowest BCUT2D eigenvalue weighted by molar-refractivity contribution is -0.131. The molecule has 1 aliphatic rings. The van der Waals surface area contributed by atoms with Crippen LogP contribution in [0.5, 0.6) is 0 Å². The fourth-order valence-electron chi connectivity index (χ4n) is 1.88. The van der Waals surface area contributed by atoms with Crippen LogP contribution >= 0.6 is 0 Å². The van der Waals surface area contributed by atoms with E-state index in [-0.39, 0.29) is 5.56 Å². The minimum Gasteiger partial charge on any atom is -0.475 e. The summed E-state index contributed by atoms with van der Waals surface area (Å²) in [6, 6.07) is 2.65. The van der Waals surface area contributed by atoms with Crippen molar-refractivity contribution in [2.45, 2.75) is 19.3 Å². The number of aryl methyl sites for hydroxylation is 2. The van der Waals surface area contributed by atoms with Gasteiger partial charge in [0.05, 0.1) is 5.56 Å². The van der Waals surface area contributed by atoms with Crippen molar-refractivity contribution in [3.63, 3.8) is 0 Å². The van der Waals surface area contributed by atoms with Crippen LogP contribution in [0.25, 0.3) is 0 Å². The molecule has 0 fully saturated rings. The van der Waals surface area contributed by atoms with Crippen LogP contribution in [-0.2, 0) is 17.6 Å². The number of hydrogen-bond acceptors (Lipinski definition) is 2. The van der Waals surface area contributed by atoms with E-state index in [2.05, 4.69) is 0 Å². The lowest BCUT2D eigenvalue weighted by Gasteiger charge is -2.03. The number of hydrogen-bond donors (Lipinski definition) is 1. The number of carboxylic acid groups (broad SMARTS) is 1. The second-order valence-electron chi connectivity index (χ2n) is 3.59. The molecule has 0 saturated heterocycles. The minimum atomic E-state index is -1.62. The zero-order chi connectivity index (χ0) is 11.0. The highest BCUT2D eigenvalue weighted by molar-refractivity contribution is 6.39. The SMILES string of the molecule is O=C(O)C(=O)c1cc2c(cc1F)CCC2. The highest BCUT2D eigenvalue weighted by atomic mass is 19.1. The maximum Gasteiger partial charge on any atom is 0.377 e. The molecule has 3 nitrogen and oxygen atoms in total. The second kappa shape index (κ2) is 3.46. The largest absolute Gasteiger partial charge is 0.475 e. The number of ketones is 1. The Labute approximate surface area is 85.5 Å². The number of fused-ring (bicyclic) bond motifs is 1. The van der Waals surface area contributed by atoms with Crippen LogP contribution < -0.4 is 0 Å². The van der Waals surface area contributed by atoms with Crippen molar-refractivity contribution in [2.24, 2.45) is 0 Å². The molecule has 0 amide bonds. The number of benzene rings is 1. The standard InChI is InChI=1S/C11H9FO3/c12-9-5-7-3-1-2-6(7)4-8(9)10(13)11(14)15/h4-5H,1-3H2,(H,14,15). The summed E-state index contributed by atoms with van der Waals surface area (Å²) < 4.78 is 13.4. The normalized spacial score (nSPS) is 13.7. The van der Waals surface area contributed by atoms with Crippen LogP contribution in [0.15, 0.2) is 12.1 Å². The number of carboxylic acids is 1. The molecule has 15 heavy (non-hydrogen) atoms. The monoisotopic (exact) mass is 208 g/mol. The summed E-state index contributed by atoms with van der Waals surface area (Å²) in [7, 11) is 0. The van der Waals surface area contributed by atoms with E-state index < -0.39 is 17.6 Å². The Morgan fingerprint density at radius 3 is 2.40 bits per heavy atom. The average molecular weight is 208 g/mol. The third-order valence-corrected chi connectivity index (χ3v) is 2.62. The average Bonchev–Trinajstić information content (AvgIpc) is 2.62. The third kappa shape index (κ3) is 1.63. The predicted molar refractivity (Wildman–Crippen MR) is 50.4 cm³/mol. The van der Waals surface area contributed by atoms with Gasteiger partial charge in [-0.15, -0.1) is 0 Å². The van der Waals surface area contributed by atoms with Crippen molar-refractivity contribution in [1.82, 2.24) is 0 Å². The summed E-state index contributed by atoms with van der Waals surface area (Å²) in [5, 5.41) is 8.49. The van der Waals surface area contributed by atoms with Gasteiger partial charge in [-0.05, 0) is 42.5 Å². The van der Waals surface area contributed by atoms with Crippen LogP contribution in [0.2, 0.25) is 0 Å².